The first kappa shape index (κ1) is 76.7. The van der Waals surface area contributed by atoms with Gasteiger partial charge in [0.15, 0.2) is 0 Å². The molecule has 1 aliphatic carbocycles. The van der Waals surface area contributed by atoms with Crippen LogP contribution in [0, 0.1) is 23.7 Å². The summed E-state index contributed by atoms with van der Waals surface area (Å²) in [6.07, 6.45) is 8.28. The van der Waals surface area contributed by atoms with Crippen molar-refractivity contribution in [3.63, 3.8) is 0 Å². The Morgan fingerprint density at radius 3 is 2.03 bits per heavy atom. The van der Waals surface area contributed by atoms with Gasteiger partial charge in [-0.2, -0.15) is 0 Å². The number of carboxylic acid groups (broad SMARTS) is 1. The molecule has 0 bridgehead atoms. The zero-order valence-corrected chi connectivity index (χ0v) is 58.0. The maximum absolute atomic E-state index is 15.0. The molecule has 6 rings (SSSR count). The van der Waals surface area contributed by atoms with E-state index in [1.807, 2.05) is 42.6 Å². The highest BCUT2D eigenvalue weighted by Crippen LogP contribution is 2.36. The fourth-order valence-corrected chi connectivity index (χ4v) is 13.7. The number of ether oxygens (including phenoxy) is 2. The Morgan fingerprint density at radius 2 is 1.44 bits per heavy atom. The summed E-state index contributed by atoms with van der Waals surface area (Å²) < 4.78 is 12.3. The summed E-state index contributed by atoms with van der Waals surface area (Å²) in [6.45, 7) is 12.2. The SMILES string of the molecule is CO[C@H]([C@@H](C)C(=O)N[C@@H](Cc1ccccc1)c1nccs1)[C@@H]1CCCN1C(=O)C[C@@H](OC)[C@H](C1CCCC1)N(C)C(=O)[C@@H](NC(=O)C(C)(C)N(Cc1ccc(NC(=O)[C@H](CCCNC(N)=O)NC(=O)[C@@H](NC(=O)CCCCCN2C(=O)C=CC2=O)C(C)C)cc1)C(=O)O)C(C)C. The van der Waals surface area contributed by atoms with Gasteiger partial charge in [-0.15, -0.1) is 11.3 Å². The minimum absolute atomic E-state index is 0.0451. The van der Waals surface area contributed by atoms with Crippen LogP contribution in [0.3, 0.4) is 0 Å². The van der Waals surface area contributed by atoms with Crippen LogP contribution in [0.2, 0.25) is 0 Å². The minimum atomic E-state index is -1.76. The van der Waals surface area contributed by atoms with Crippen molar-refractivity contribution in [2.45, 2.75) is 199 Å². The molecule has 3 heterocycles. The predicted octanol–water partition coefficient (Wildman–Crippen LogP) is 6.21. The van der Waals surface area contributed by atoms with Crippen molar-refractivity contribution in [2.75, 3.05) is 46.2 Å². The number of likely N-dealkylation sites (tertiary alicyclic amines) is 1. The molecule has 3 aliphatic rings. The number of amides is 12. The van der Waals surface area contributed by atoms with E-state index < -0.39 is 107 Å². The number of hydrogen-bond donors (Lipinski definition) is 8. The van der Waals surface area contributed by atoms with Gasteiger partial charge in [0.1, 0.15) is 28.7 Å². The van der Waals surface area contributed by atoms with E-state index in [1.165, 1.54) is 56.6 Å². The summed E-state index contributed by atoms with van der Waals surface area (Å²) in [4.78, 5) is 158. The van der Waals surface area contributed by atoms with Crippen LogP contribution in [0.4, 0.5) is 15.3 Å². The van der Waals surface area contributed by atoms with Crippen LogP contribution < -0.4 is 37.6 Å². The lowest BCUT2D eigenvalue weighted by atomic mass is 9.88. The van der Waals surface area contributed by atoms with Crippen molar-refractivity contribution in [3.8, 4) is 0 Å². The first-order valence-electron chi connectivity index (χ1n) is 33.4. The number of urea groups is 1. The quantitative estimate of drug-likeness (QED) is 0.0235. The molecule has 26 nitrogen and oxygen atoms in total. The molecule has 1 saturated carbocycles. The largest absolute Gasteiger partial charge is 0.465 e. The Bertz CT molecular complexity index is 3140. The monoisotopic (exact) mass is 1350 g/mol. The first-order valence-corrected chi connectivity index (χ1v) is 34.3. The van der Waals surface area contributed by atoms with E-state index in [1.54, 1.807) is 70.0 Å². The van der Waals surface area contributed by atoms with E-state index >= 15 is 4.79 Å². The fraction of sp³-hybridized carbons (Fsp3) is 0.594. The highest BCUT2D eigenvalue weighted by molar-refractivity contribution is 7.09. The number of rotatable bonds is 37. The van der Waals surface area contributed by atoms with Crippen molar-refractivity contribution in [1.29, 1.82) is 0 Å². The number of anilines is 1. The number of nitrogens with zero attached hydrogens (tertiary/aromatic N) is 5. The Kier molecular flexibility index (Phi) is 29.3. The summed E-state index contributed by atoms with van der Waals surface area (Å²) in [6, 6.07) is 10.6. The van der Waals surface area contributed by atoms with E-state index in [0.29, 0.717) is 50.6 Å². The van der Waals surface area contributed by atoms with Crippen LogP contribution in [0.25, 0.3) is 0 Å². The Labute approximate surface area is 567 Å². The van der Waals surface area contributed by atoms with Crippen LogP contribution >= 0.6 is 11.3 Å². The number of carbonyl (C=O) groups excluding carboxylic acids is 10. The van der Waals surface area contributed by atoms with Gasteiger partial charge in [-0.1, -0.05) is 96.3 Å². The van der Waals surface area contributed by atoms with Gasteiger partial charge in [-0.25, -0.2) is 14.6 Å². The highest BCUT2D eigenvalue weighted by atomic mass is 32.1. The van der Waals surface area contributed by atoms with Gasteiger partial charge in [-0.05, 0) is 113 Å². The van der Waals surface area contributed by atoms with E-state index in [4.69, 9.17) is 15.2 Å². The highest BCUT2D eigenvalue weighted by Gasteiger charge is 2.46. The standard InChI is InChI=1S/C69H100N12O14S/c1-42(2)57(76-53(82)27-15-12-18-36-80-54(83)32-33-55(80)84)63(88)74-49(25-19-34-72-67(70)91)62(87)73-48-30-28-46(29-31-48)41-81(68(92)93)69(6,7)66(90)77-58(43(3)4)65(89)78(8)59(47-23-16-17-24-47)52(94-9)40-56(85)79-37-20-26-51(79)60(95-10)44(5)61(86)75-50(64-71-35-38-96-64)39-45-21-13-11-14-22-45/h11,13-14,21-22,28-33,35,38,42-44,47,49-52,57-60H,12,15-20,23-27,34,36-37,39-41H2,1-10H3,(H,73,87)(H,74,88)(H,75,86)(H,76,82)(H,77,90)(H,92,93)(H3,70,72,91)/t44-,49+,50+,51+,52-,57+,58+,59+,60-/m1/s1. The molecule has 0 spiro atoms. The van der Waals surface area contributed by atoms with Crippen LogP contribution in [-0.2, 0) is 65.6 Å². The number of thiazole rings is 1. The number of nitrogens with two attached hydrogens (primary N) is 1. The van der Waals surface area contributed by atoms with Crippen molar-refractivity contribution in [3.05, 3.63) is 94.5 Å². The van der Waals surface area contributed by atoms with Gasteiger partial charge < -0.3 is 62.0 Å². The molecule has 9 N–H and O–H groups in total. The Morgan fingerprint density at radius 1 is 0.771 bits per heavy atom. The molecule has 0 radical (unpaired) electrons. The smallest absolute Gasteiger partial charge is 0.408 e. The van der Waals surface area contributed by atoms with Crippen LogP contribution in [0.15, 0.2) is 78.3 Å². The third-order valence-corrected chi connectivity index (χ3v) is 19.4. The van der Waals surface area contributed by atoms with Crippen LogP contribution in [0.5, 0.6) is 0 Å². The zero-order chi connectivity index (χ0) is 70.4. The second-order valence-corrected chi connectivity index (χ2v) is 27.4. The minimum Gasteiger partial charge on any atom is -0.465 e. The third-order valence-electron chi connectivity index (χ3n) is 18.6. The molecule has 1 saturated heterocycles. The van der Waals surface area contributed by atoms with Crippen molar-refractivity contribution in [2.24, 2.45) is 29.4 Å². The molecule has 96 heavy (non-hydrogen) atoms. The van der Waals surface area contributed by atoms with Gasteiger partial charge in [0, 0.05) is 76.7 Å². The summed E-state index contributed by atoms with van der Waals surface area (Å²) >= 11 is 1.47. The summed E-state index contributed by atoms with van der Waals surface area (Å²) in [7, 11) is 4.74. The number of hydrogen-bond acceptors (Lipinski definition) is 15. The van der Waals surface area contributed by atoms with E-state index in [0.717, 1.165) is 46.1 Å². The van der Waals surface area contributed by atoms with Gasteiger partial charge in [0.25, 0.3) is 11.8 Å². The van der Waals surface area contributed by atoms with Gasteiger partial charge >= 0.3 is 12.1 Å². The Hall–Kier alpha value is -8.30. The maximum atomic E-state index is 15.0. The molecule has 12 amide bonds. The summed E-state index contributed by atoms with van der Waals surface area (Å²) in [5.41, 5.74) is 5.26. The van der Waals surface area contributed by atoms with Crippen molar-refractivity contribution in [1.82, 2.24) is 51.2 Å². The molecule has 27 heteroatoms. The number of benzene rings is 2. The molecule has 2 aliphatic heterocycles. The van der Waals surface area contributed by atoms with Crippen molar-refractivity contribution >= 4 is 82.3 Å². The van der Waals surface area contributed by atoms with Gasteiger partial charge in [-0.3, -0.25) is 53.0 Å². The maximum Gasteiger partial charge on any atom is 0.408 e. The number of likely N-dealkylation sites (N-methyl/N-ethyl adjacent to an activating group) is 1. The van der Waals surface area contributed by atoms with Gasteiger partial charge in [0.05, 0.1) is 49.2 Å². The number of methoxy groups -OCH3 is 2. The van der Waals surface area contributed by atoms with E-state index in [9.17, 15) is 53.1 Å². The second kappa shape index (κ2) is 36.7. The number of imide groups is 1. The average Bonchev–Trinajstić information content (AvgIpc) is 1.10. The summed E-state index contributed by atoms with van der Waals surface area (Å²) in [5.74, 6) is -5.59. The lowest BCUT2D eigenvalue weighted by Gasteiger charge is -2.42. The van der Waals surface area contributed by atoms with Crippen molar-refractivity contribution < 1.29 is 67.3 Å². The lowest BCUT2D eigenvalue weighted by Crippen LogP contribution is -2.62. The molecule has 2 aromatic carbocycles. The average molecular weight is 1350 g/mol. The second-order valence-electron chi connectivity index (χ2n) is 26.4. The van der Waals surface area contributed by atoms with Gasteiger partial charge in [0.2, 0.25) is 41.4 Å². The van der Waals surface area contributed by atoms with E-state index in [2.05, 4.69) is 36.9 Å². The van der Waals surface area contributed by atoms with Crippen LogP contribution in [-0.4, -0.2) is 184 Å². The van der Waals surface area contributed by atoms with E-state index in [-0.39, 0.29) is 86.6 Å². The Balaban J connectivity index is 1.08. The number of nitrogens with one attached hydrogen (secondary N) is 6. The number of unbranched alkanes of at least 4 members (excludes halogenated alkanes) is 2. The first-order chi connectivity index (χ1) is 45.7. The van der Waals surface area contributed by atoms with Crippen LogP contribution in [0.1, 0.15) is 154 Å². The molecule has 526 valence electrons. The lowest BCUT2D eigenvalue weighted by molar-refractivity contribution is -0.148. The number of aromatic nitrogens is 1. The molecule has 0 unspecified atom stereocenters. The fourth-order valence-electron chi connectivity index (χ4n) is 13.0. The molecule has 3 aromatic rings. The molecule has 1 aromatic heterocycles. The molecular formula is C69H100N12O14S. The number of carbonyl (C=O) groups is 11. The third kappa shape index (κ3) is 21.3. The molecule has 2 fully saturated rings. The molecular weight excluding hydrogens is 1250 g/mol. The topological polar surface area (TPSA) is 351 Å². The normalized spacial score (nSPS) is 17.4. The predicted molar refractivity (Wildman–Crippen MR) is 361 cm³/mol. The molecule has 9 atom stereocenters. The number of primary amides is 1. The summed E-state index contributed by atoms with van der Waals surface area (Å²) in [5, 5.41) is 30.2. The zero-order valence-electron chi connectivity index (χ0n) is 57.1.